The second-order valence-corrected chi connectivity index (χ2v) is 3.73. The third kappa shape index (κ3) is 1.49. The second-order valence-electron chi connectivity index (χ2n) is 3.73. The van der Waals surface area contributed by atoms with Crippen molar-refractivity contribution in [2.24, 2.45) is 0 Å². The molecule has 0 saturated carbocycles. The van der Waals surface area contributed by atoms with Crippen molar-refractivity contribution in [2.45, 2.75) is 18.8 Å². The van der Waals surface area contributed by atoms with E-state index in [1.807, 2.05) is 0 Å². The maximum atomic E-state index is 11.4. The molecule has 2 atom stereocenters. The highest BCUT2D eigenvalue weighted by Crippen LogP contribution is 2.21. The number of aliphatic hydroxyl groups excluding tert-OH is 1. The Bertz CT molecular complexity index is 660. The number of nitrogens with zero attached hydrogens (tertiary/aromatic N) is 3. The molecule has 0 fully saturated rings. The monoisotopic (exact) mass is 254 g/mol. The molecule has 0 aliphatic carbocycles. The van der Waals surface area contributed by atoms with Crippen molar-refractivity contribution < 1.29 is 20.1 Å². The zero-order valence-corrected chi connectivity index (χ0v) is 9.23. The molecule has 0 amide bonds. The lowest BCUT2D eigenvalue weighted by Gasteiger charge is -2.27. The van der Waals surface area contributed by atoms with E-state index in [0.717, 1.165) is 24.1 Å². The number of aliphatic hydroxyl groups is 2. The normalized spacial score (nSPS) is 16.4. The fraction of sp³-hybridized carbons (Fsp3) is 0.333. The predicted molar refractivity (Wildman–Crippen MR) is 57.7 cm³/mol. The van der Waals surface area contributed by atoms with E-state index in [-0.39, 0.29) is 11.2 Å². The van der Waals surface area contributed by atoms with Crippen molar-refractivity contribution in [2.75, 3.05) is 0 Å². The van der Waals surface area contributed by atoms with Crippen LogP contribution < -0.4 is 5.56 Å². The number of aromatic amines is 1. The van der Waals surface area contributed by atoms with Crippen molar-refractivity contribution in [3.05, 3.63) is 23.0 Å². The summed E-state index contributed by atoms with van der Waals surface area (Å²) in [4.78, 5) is 32.2. The number of carbonyl (C=O) groups is 1. The van der Waals surface area contributed by atoms with Crippen LogP contribution in [0, 0.1) is 0 Å². The number of nitrogens with one attached hydrogen (secondary N) is 1. The highest BCUT2D eigenvalue weighted by molar-refractivity contribution is 5.79. The van der Waals surface area contributed by atoms with E-state index in [9.17, 15) is 19.8 Å². The first-order valence-corrected chi connectivity index (χ1v) is 4.94. The van der Waals surface area contributed by atoms with Gasteiger partial charge in [0.2, 0.25) is 0 Å². The molecule has 2 heterocycles. The van der Waals surface area contributed by atoms with Crippen LogP contribution in [0.15, 0.2) is 17.4 Å². The molecule has 0 bridgehead atoms. The molecule has 0 unspecified atom stereocenters. The first-order chi connectivity index (χ1) is 8.39. The van der Waals surface area contributed by atoms with Gasteiger partial charge < -0.3 is 20.3 Å². The van der Waals surface area contributed by atoms with Gasteiger partial charge in [-0.1, -0.05) is 0 Å². The molecule has 0 saturated heterocycles. The summed E-state index contributed by atoms with van der Waals surface area (Å²) in [5.74, 6) is -1.68. The van der Waals surface area contributed by atoms with E-state index in [1.165, 1.54) is 0 Å². The van der Waals surface area contributed by atoms with Crippen molar-refractivity contribution in [1.29, 1.82) is 0 Å². The minimum atomic E-state index is -2.64. The summed E-state index contributed by atoms with van der Waals surface area (Å²) in [7, 11) is 0. The van der Waals surface area contributed by atoms with Gasteiger partial charge in [0.1, 0.15) is 12.4 Å². The molecule has 0 aromatic carbocycles. The Hall–Kier alpha value is -2.26. The Balaban J connectivity index is 2.78. The van der Waals surface area contributed by atoms with Crippen LogP contribution in [-0.4, -0.2) is 46.9 Å². The predicted octanol–water partition coefficient (Wildman–Crippen LogP) is -1.77. The molecule has 4 N–H and O–H groups in total. The number of rotatable bonds is 3. The number of imidazole rings is 1. The molecule has 0 aliphatic heterocycles. The minimum absolute atomic E-state index is 0.127. The molecular weight excluding hydrogens is 244 g/mol. The van der Waals surface area contributed by atoms with Gasteiger partial charge in [0, 0.05) is 0 Å². The zero-order valence-electron chi connectivity index (χ0n) is 9.23. The lowest BCUT2D eigenvalue weighted by Crippen LogP contribution is -2.50. The van der Waals surface area contributed by atoms with Gasteiger partial charge >= 0.3 is 5.97 Å². The standard InChI is InChI=1S/C9H10N4O5/c1-4(14)9(18,8(16)17)13-3-12-5-6(13)10-2-11-7(5)15/h2-4,14,18H,1H3,(H,16,17)(H,10,11,15)/t4-,9-/m1/s1. The van der Waals surface area contributed by atoms with Crippen molar-refractivity contribution in [3.8, 4) is 0 Å². The SMILES string of the molecule is C[C@@H](O)[C@@](O)(C(=O)O)n1cnc2c(=O)[nH]cnc21. The van der Waals surface area contributed by atoms with Gasteiger partial charge in [0.25, 0.3) is 11.3 Å². The summed E-state index contributed by atoms with van der Waals surface area (Å²) in [6, 6.07) is 0. The molecule has 2 aromatic heterocycles. The molecule has 2 aromatic rings. The quantitative estimate of drug-likeness (QED) is 0.507. The molecule has 0 aliphatic rings. The number of hydrogen-bond donors (Lipinski definition) is 4. The van der Waals surface area contributed by atoms with E-state index in [2.05, 4.69) is 15.0 Å². The Morgan fingerprint density at radius 1 is 1.56 bits per heavy atom. The number of fused-ring (bicyclic) bond motifs is 1. The highest BCUT2D eigenvalue weighted by Gasteiger charge is 2.44. The molecule has 9 nitrogen and oxygen atoms in total. The van der Waals surface area contributed by atoms with Crippen LogP contribution in [0.5, 0.6) is 0 Å². The van der Waals surface area contributed by atoms with Crippen LogP contribution in [0.3, 0.4) is 0 Å². The van der Waals surface area contributed by atoms with E-state index in [4.69, 9.17) is 5.11 Å². The van der Waals surface area contributed by atoms with Crippen molar-refractivity contribution in [3.63, 3.8) is 0 Å². The summed E-state index contributed by atoms with van der Waals surface area (Å²) in [6.07, 6.45) is 0.356. The number of aliphatic carboxylic acids is 1. The van der Waals surface area contributed by atoms with Crippen LogP contribution in [0.1, 0.15) is 6.92 Å². The van der Waals surface area contributed by atoms with Crippen molar-refractivity contribution >= 4 is 17.1 Å². The van der Waals surface area contributed by atoms with E-state index in [0.29, 0.717) is 0 Å². The lowest BCUT2D eigenvalue weighted by atomic mass is 10.1. The molecule has 9 heteroatoms. The lowest BCUT2D eigenvalue weighted by molar-refractivity contribution is -0.188. The number of carboxylic acid groups (broad SMARTS) is 1. The number of carboxylic acids is 1. The Labute approximate surface area is 99.4 Å². The van der Waals surface area contributed by atoms with Crippen LogP contribution >= 0.6 is 0 Å². The summed E-state index contributed by atoms with van der Waals surface area (Å²) in [6.45, 7) is 1.10. The average molecular weight is 254 g/mol. The zero-order chi connectivity index (χ0) is 13.5. The van der Waals surface area contributed by atoms with Gasteiger partial charge in [-0.2, -0.15) is 0 Å². The van der Waals surface area contributed by atoms with Crippen molar-refractivity contribution in [1.82, 2.24) is 19.5 Å². The maximum Gasteiger partial charge on any atom is 0.360 e. The Morgan fingerprint density at radius 3 is 2.78 bits per heavy atom. The topological polar surface area (TPSA) is 141 Å². The Kier molecular flexibility index (Phi) is 2.64. The van der Waals surface area contributed by atoms with E-state index >= 15 is 0 Å². The number of aromatic nitrogens is 4. The van der Waals surface area contributed by atoms with Crippen LogP contribution in [0.4, 0.5) is 0 Å². The first-order valence-electron chi connectivity index (χ1n) is 4.94. The van der Waals surface area contributed by atoms with Gasteiger partial charge in [-0.05, 0) is 6.92 Å². The molecule has 0 radical (unpaired) electrons. The summed E-state index contributed by atoms with van der Waals surface area (Å²) in [5, 5.41) is 28.5. The molecule has 96 valence electrons. The molecule has 0 spiro atoms. The van der Waals surface area contributed by atoms with Gasteiger partial charge in [-0.3, -0.25) is 9.36 Å². The Morgan fingerprint density at radius 2 is 2.22 bits per heavy atom. The van der Waals surface area contributed by atoms with Gasteiger partial charge in [0.05, 0.1) is 6.33 Å². The van der Waals surface area contributed by atoms with E-state index in [1.54, 1.807) is 0 Å². The van der Waals surface area contributed by atoms with Crippen LogP contribution in [0.25, 0.3) is 11.2 Å². The molecule has 18 heavy (non-hydrogen) atoms. The fourth-order valence-corrected chi connectivity index (χ4v) is 1.58. The number of H-pyrrole nitrogens is 1. The maximum absolute atomic E-state index is 11.4. The van der Waals surface area contributed by atoms with E-state index < -0.39 is 23.4 Å². The minimum Gasteiger partial charge on any atom is -0.478 e. The summed E-state index contributed by atoms with van der Waals surface area (Å²) >= 11 is 0. The van der Waals surface area contributed by atoms with Gasteiger partial charge in [0.15, 0.2) is 11.2 Å². The first kappa shape index (κ1) is 12.2. The van der Waals surface area contributed by atoms with Gasteiger partial charge in [-0.15, -0.1) is 0 Å². The largest absolute Gasteiger partial charge is 0.478 e. The van der Waals surface area contributed by atoms with Crippen LogP contribution in [0.2, 0.25) is 0 Å². The molecular formula is C9H10N4O5. The van der Waals surface area contributed by atoms with Crippen LogP contribution in [-0.2, 0) is 10.5 Å². The summed E-state index contributed by atoms with van der Waals surface area (Å²) in [5.41, 5.74) is -3.48. The average Bonchev–Trinajstić information content (AvgIpc) is 2.73. The fourth-order valence-electron chi connectivity index (χ4n) is 1.58. The third-order valence-electron chi connectivity index (χ3n) is 2.60. The third-order valence-corrected chi connectivity index (χ3v) is 2.60. The smallest absolute Gasteiger partial charge is 0.360 e. The number of hydrogen-bond acceptors (Lipinski definition) is 6. The second kappa shape index (κ2) is 3.89. The summed E-state index contributed by atoms with van der Waals surface area (Å²) < 4.78 is 0.741. The van der Waals surface area contributed by atoms with Gasteiger partial charge in [-0.25, -0.2) is 14.8 Å². The highest BCUT2D eigenvalue weighted by atomic mass is 16.4. The molecule has 2 rings (SSSR count).